The minimum absolute atomic E-state index is 0.780. The fraction of sp³-hybridized carbons (Fsp3) is 0.357. The summed E-state index contributed by atoms with van der Waals surface area (Å²) >= 11 is 0. The third-order valence-electron chi connectivity index (χ3n) is 3.06. The van der Waals surface area contributed by atoms with Crippen LogP contribution in [0.1, 0.15) is 11.3 Å². The van der Waals surface area contributed by atoms with Gasteiger partial charge in [-0.15, -0.1) is 0 Å². The zero-order valence-corrected chi connectivity index (χ0v) is 11.4. The first-order valence-corrected chi connectivity index (χ1v) is 6.07. The monoisotopic (exact) mass is 244 g/mol. The van der Waals surface area contributed by atoms with Gasteiger partial charge in [-0.1, -0.05) is 18.2 Å². The second-order valence-electron chi connectivity index (χ2n) is 4.67. The molecule has 0 radical (unpaired) electrons. The van der Waals surface area contributed by atoms with Gasteiger partial charge in [0.1, 0.15) is 0 Å². The van der Waals surface area contributed by atoms with Crippen molar-refractivity contribution in [2.45, 2.75) is 13.5 Å². The maximum absolute atomic E-state index is 4.40. The van der Waals surface area contributed by atoms with Gasteiger partial charge in [0.15, 0.2) is 0 Å². The maximum Gasteiger partial charge on any atom is 0.204 e. The first kappa shape index (κ1) is 12.5. The van der Waals surface area contributed by atoms with E-state index in [2.05, 4.69) is 40.0 Å². The van der Waals surface area contributed by atoms with Crippen LogP contribution in [-0.2, 0) is 13.6 Å². The van der Waals surface area contributed by atoms with Crippen molar-refractivity contribution >= 4 is 11.6 Å². The van der Waals surface area contributed by atoms with Crippen molar-refractivity contribution < 1.29 is 0 Å². The van der Waals surface area contributed by atoms with Crippen LogP contribution in [0.5, 0.6) is 0 Å². The van der Waals surface area contributed by atoms with Crippen LogP contribution in [0, 0.1) is 6.92 Å². The lowest BCUT2D eigenvalue weighted by atomic mass is 10.2. The Kier molecular flexibility index (Phi) is 3.55. The minimum atomic E-state index is 0.780. The van der Waals surface area contributed by atoms with Gasteiger partial charge in [-0.05, 0) is 18.6 Å². The molecule has 1 N–H and O–H groups in total. The Hall–Kier alpha value is -1.97. The van der Waals surface area contributed by atoms with Crippen LogP contribution in [0.2, 0.25) is 0 Å². The molecule has 0 amide bonds. The summed E-state index contributed by atoms with van der Waals surface area (Å²) < 4.78 is 2.10. The molecule has 96 valence electrons. The van der Waals surface area contributed by atoms with Gasteiger partial charge in [0.25, 0.3) is 0 Å². The topological polar surface area (TPSA) is 33.1 Å². The molecule has 0 unspecified atom stereocenters. The molecule has 4 heteroatoms. The predicted octanol–water partition coefficient (Wildman–Crippen LogP) is 2.41. The summed E-state index contributed by atoms with van der Waals surface area (Å²) in [5, 5.41) is 3.44. The average Bonchev–Trinajstić information content (AvgIpc) is 2.70. The Labute approximate surface area is 108 Å². The molecule has 0 aliphatic heterocycles. The molecule has 0 atom stereocenters. The highest BCUT2D eigenvalue weighted by Crippen LogP contribution is 2.16. The zero-order chi connectivity index (χ0) is 13.1. The lowest BCUT2D eigenvalue weighted by Gasteiger charge is -2.13. The van der Waals surface area contributed by atoms with Gasteiger partial charge in [-0.3, -0.25) is 0 Å². The summed E-state index contributed by atoms with van der Waals surface area (Å²) in [7, 11) is 6.04. The van der Waals surface area contributed by atoms with E-state index in [4.69, 9.17) is 0 Å². The van der Waals surface area contributed by atoms with Crippen LogP contribution < -0.4 is 10.2 Å². The van der Waals surface area contributed by atoms with Gasteiger partial charge in [0, 0.05) is 26.8 Å². The highest BCUT2D eigenvalue weighted by atomic mass is 15.3. The van der Waals surface area contributed by atoms with E-state index in [-0.39, 0.29) is 0 Å². The maximum atomic E-state index is 4.40. The van der Waals surface area contributed by atoms with Gasteiger partial charge >= 0.3 is 0 Å². The van der Waals surface area contributed by atoms with Crippen LogP contribution >= 0.6 is 0 Å². The van der Waals surface area contributed by atoms with Crippen molar-refractivity contribution in [3.63, 3.8) is 0 Å². The van der Waals surface area contributed by atoms with Crippen molar-refractivity contribution in [2.24, 2.45) is 7.05 Å². The minimum Gasteiger partial charge on any atom is -0.379 e. The zero-order valence-electron chi connectivity index (χ0n) is 11.4. The second kappa shape index (κ2) is 5.12. The van der Waals surface area contributed by atoms with E-state index in [9.17, 15) is 0 Å². The second-order valence-corrected chi connectivity index (χ2v) is 4.67. The number of nitrogens with one attached hydrogen (secondary N) is 1. The molecule has 0 aliphatic carbocycles. The van der Waals surface area contributed by atoms with Gasteiger partial charge in [0.2, 0.25) is 5.95 Å². The largest absolute Gasteiger partial charge is 0.379 e. The molecular weight excluding hydrogens is 224 g/mol. The Morgan fingerprint density at radius 1 is 1.28 bits per heavy atom. The molecule has 2 rings (SSSR count). The predicted molar refractivity (Wildman–Crippen MR) is 76.0 cm³/mol. The summed E-state index contributed by atoms with van der Waals surface area (Å²) in [6.07, 6.45) is 1.92. The van der Waals surface area contributed by atoms with Crippen LogP contribution in [0.3, 0.4) is 0 Å². The van der Waals surface area contributed by atoms with Crippen molar-refractivity contribution in [3.8, 4) is 0 Å². The standard InChI is InChI=1S/C14H20N4/c1-11-7-5-6-8-13(11)15-9-12-10-16-14(17(2)3)18(12)4/h5-8,10,15H,9H2,1-4H3. The summed E-state index contributed by atoms with van der Waals surface area (Å²) in [6, 6.07) is 8.30. The highest BCUT2D eigenvalue weighted by molar-refractivity contribution is 5.50. The van der Waals surface area contributed by atoms with Gasteiger partial charge in [-0.2, -0.15) is 0 Å². The number of benzene rings is 1. The Balaban J connectivity index is 2.09. The molecule has 1 heterocycles. The lowest BCUT2D eigenvalue weighted by Crippen LogP contribution is -2.15. The van der Waals surface area contributed by atoms with Crippen LogP contribution in [0.15, 0.2) is 30.5 Å². The molecule has 0 saturated heterocycles. The van der Waals surface area contributed by atoms with E-state index < -0.39 is 0 Å². The Morgan fingerprint density at radius 2 is 2.00 bits per heavy atom. The van der Waals surface area contributed by atoms with Gasteiger partial charge < -0.3 is 14.8 Å². The number of hydrogen-bond donors (Lipinski definition) is 1. The van der Waals surface area contributed by atoms with Crippen LogP contribution in [0.4, 0.5) is 11.6 Å². The average molecular weight is 244 g/mol. The number of aryl methyl sites for hydroxylation is 1. The van der Waals surface area contributed by atoms with E-state index in [0.29, 0.717) is 0 Å². The molecule has 0 saturated carbocycles. The molecule has 1 aromatic heterocycles. The number of aromatic nitrogens is 2. The number of anilines is 2. The van der Waals surface area contributed by atoms with E-state index in [1.165, 1.54) is 16.9 Å². The van der Waals surface area contributed by atoms with Crippen LogP contribution in [0.25, 0.3) is 0 Å². The van der Waals surface area contributed by atoms with Crippen molar-refractivity contribution in [2.75, 3.05) is 24.3 Å². The molecule has 0 bridgehead atoms. The Bertz CT molecular complexity index is 528. The highest BCUT2D eigenvalue weighted by Gasteiger charge is 2.07. The lowest BCUT2D eigenvalue weighted by molar-refractivity contribution is 0.813. The number of para-hydroxylation sites is 1. The molecule has 0 aliphatic rings. The van der Waals surface area contributed by atoms with Gasteiger partial charge in [0.05, 0.1) is 18.4 Å². The summed E-state index contributed by atoms with van der Waals surface area (Å²) in [5.41, 5.74) is 3.60. The number of rotatable bonds is 4. The molecule has 0 fully saturated rings. The third-order valence-corrected chi connectivity index (χ3v) is 3.06. The SMILES string of the molecule is Cc1ccccc1NCc1cnc(N(C)C)n1C. The van der Waals surface area contributed by atoms with Crippen molar-refractivity contribution in [1.29, 1.82) is 0 Å². The van der Waals surface area contributed by atoms with E-state index in [0.717, 1.165) is 12.5 Å². The summed E-state index contributed by atoms with van der Waals surface area (Å²) in [5.74, 6) is 0.969. The molecule has 1 aromatic carbocycles. The molecule has 0 spiro atoms. The van der Waals surface area contributed by atoms with E-state index in [1.54, 1.807) is 0 Å². The fourth-order valence-corrected chi connectivity index (χ4v) is 1.97. The number of nitrogens with zero attached hydrogens (tertiary/aromatic N) is 3. The van der Waals surface area contributed by atoms with E-state index >= 15 is 0 Å². The van der Waals surface area contributed by atoms with Crippen molar-refractivity contribution in [3.05, 3.63) is 41.7 Å². The first-order valence-electron chi connectivity index (χ1n) is 6.07. The first-order chi connectivity index (χ1) is 8.59. The molecule has 4 nitrogen and oxygen atoms in total. The quantitative estimate of drug-likeness (QED) is 0.896. The summed E-state index contributed by atoms with van der Waals surface area (Å²) in [6.45, 7) is 2.89. The number of imidazole rings is 1. The van der Waals surface area contributed by atoms with Gasteiger partial charge in [-0.25, -0.2) is 4.98 Å². The molecule has 2 aromatic rings. The Morgan fingerprint density at radius 3 is 2.61 bits per heavy atom. The van der Waals surface area contributed by atoms with Crippen molar-refractivity contribution in [1.82, 2.24) is 9.55 Å². The smallest absolute Gasteiger partial charge is 0.204 e. The number of hydrogen-bond acceptors (Lipinski definition) is 3. The summed E-state index contributed by atoms with van der Waals surface area (Å²) in [4.78, 5) is 6.41. The molecule has 18 heavy (non-hydrogen) atoms. The third kappa shape index (κ3) is 2.47. The van der Waals surface area contributed by atoms with E-state index in [1.807, 2.05) is 38.3 Å². The van der Waals surface area contributed by atoms with Crippen LogP contribution in [-0.4, -0.2) is 23.6 Å². The fourth-order valence-electron chi connectivity index (χ4n) is 1.97. The normalized spacial score (nSPS) is 10.4. The molecular formula is C14H20N4.